The van der Waals surface area contributed by atoms with Gasteiger partial charge in [-0.1, -0.05) is 0 Å². The van der Waals surface area contributed by atoms with E-state index in [0.29, 0.717) is 5.13 Å². The molecule has 9 heteroatoms. The monoisotopic (exact) mass is 361 g/mol. The molecule has 0 saturated carbocycles. The molecule has 0 aliphatic heterocycles. The van der Waals surface area contributed by atoms with Gasteiger partial charge in [0, 0.05) is 29.9 Å². The fourth-order valence-electron chi connectivity index (χ4n) is 2.10. The molecule has 0 spiro atoms. The molecule has 0 saturated heterocycles. The molecule has 3 heterocycles. The molecule has 0 unspecified atom stereocenters. The highest BCUT2D eigenvalue weighted by atomic mass is 32.1. The van der Waals surface area contributed by atoms with Crippen LogP contribution in [0.25, 0.3) is 11.3 Å². The van der Waals surface area contributed by atoms with Crippen molar-refractivity contribution in [3.8, 4) is 11.3 Å². The van der Waals surface area contributed by atoms with Crippen LogP contribution in [-0.4, -0.2) is 26.4 Å². The molecule has 3 rings (SSSR count). The third-order valence-corrected chi connectivity index (χ3v) is 5.09. The maximum absolute atomic E-state index is 10.6. The molecular formula is C15H15N5O2S2. The summed E-state index contributed by atoms with van der Waals surface area (Å²) >= 11 is 2.72. The van der Waals surface area contributed by atoms with Gasteiger partial charge in [0.05, 0.1) is 15.6 Å². The van der Waals surface area contributed by atoms with Crippen molar-refractivity contribution < 1.29 is 4.92 Å². The van der Waals surface area contributed by atoms with Crippen molar-refractivity contribution in [3.05, 3.63) is 51.2 Å². The van der Waals surface area contributed by atoms with Gasteiger partial charge in [0.1, 0.15) is 6.20 Å². The van der Waals surface area contributed by atoms with Crippen molar-refractivity contribution in [2.45, 2.75) is 19.3 Å². The van der Waals surface area contributed by atoms with Gasteiger partial charge in [-0.3, -0.25) is 15.1 Å². The first-order valence-corrected chi connectivity index (χ1v) is 9.11. The number of hydrogen-bond acceptors (Lipinski definition) is 8. The van der Waals surface area contributed by atoms with E-state index in [1.165, 1.54) is 6.20 Å². The van der Waals surface area contributed by atoms with E-state index in [2.05, 4.69) is 25.6 Å². The van der Waals surface area contributed by atoms with Gasteiger partial charge in [-0.05, 0) is 42.7 Å². The van der Waals surface area contributed by atoms with E-state index in [-0.39, 0.29) is 5.00 Å². The van der Waals surface area contributed by atoms with Crippen LogP contribution in [0.5, 0.6) is 0 Å². The average Bonchev–Trinajstić information content (AvgIpc) is 3.25. The topological polar surface area (TPSA) is 93.8 Å². The Kier molecular flexibility index (Phi) is 5.44. The maximum atomic E-state index is 10.6. The Bertz CT molecular complexity index is 803. The van der Waals surface area contributed by atoms with Gasteiger partial charge < -0.3 is 5.32 Å². The lowest BCUT2D eigenvalue weighted by Gasteiger charge is -2.01. The second kappa shape index (κ2) is 7.93. The van der Waals surface area contributed by atoms with Crippen molar-refractivity contribution >= 4 is 32.8 Å². The number of rotatable bonds is 8. The van der Waals surface area contributed by atoms with Crippen LogP contribution in [0.3, 0.4) is 0 Å². The fraction of sp³-hybridized carbons (Fsp3) is 0.267. The standard InChI is InChI=1S/C15H15N5O2S2/c21-20(22)14-9-18-15(24-14)17-7-2-1-5-13-19-12(10-23-13)11-4-3-6-16-8-11/h3-4,6,8-10H,1-2,5,7H2,(H,17,18). The minimum Gasteiger partial charge on any atom is -0.361 e. The third-order valence-electron chi connectivity index (χ3n) is 3.28. The lowest BCUT2D eigenvalue weighted by atomic mass is 10.2. The summed E-state index contributed by atoms with van der Waals surface area (Å²) in [7, 11) is 0. The summed E-state index contributed by atoms with van der Waals surface area (Å²) in [6.07, 6.45) is 7.72. The summed E-state index contributed by atoms with van der Waals surface area (Å²) in [4.78, 5) is 22.9. The number of unbranched alkanes of at least 4 members (excludes halogenated alkanes) is 1. The summed E-state index contributed by atoms with van der Waals surface area (Å²) < 4.78 is 0. The first kappa shape index (κ1) is 16.5. The summed E-state index contributed by atoms with van der Waals surface area (Å²) in [5, 5.41) is 17.5. The predicted octanol–water partition coefficient (Wildman–Crippen LogP) is 4.00. The summed E-state index contributed by atoms with van der Waals surface area (Å²) in [5.74, 6) is 0. The van der Waals surface area contributed by atoms with Crippen LogP contribution in [0, 0.1) is 10.1 Å². The first-order valence-electron chi connectivity index (χ1n) is 7.41. The van der Waals surface area contributed by atoms with E-state index < -0.39 is 4.92 Å². The Morgan fingerprint density at radius 3 is 2.96 bits per heavy atom. The number of hydrogen-bond donors (Lipinski definition) is 1. The van der Waals surface area contributed by atoms with Gasteiger partial charge in [0.2, 0.25) is 0 Å². The zero-order valence-corrected chi connectivity index (χ0v) is 14.3. The fourth-order valence-corrected chi connectivity index (χ4v) is 3.61. The highest BCUT2D eigenvalue weighted by molar-refractivity contribution is 7.18. The van der Waals surface area contributed by atoms with Crippen molar-refractivity contribution in [2.24, 2.45) is 0 Å². The molecule has 0 atom stereocenters. The Balaban J connectivity index is 1.40. The second-order valence-corrected chi connectivity index (χ2v) is 6.96. The molecule has 3 aromatic heterocycles. The minimum atomic E-state index is -0.425. The van der Waals surface area contributed by atoms with Crippen LogP contribution in [0.15, 0.2) is 36.1 Å². The maximum Gasteiger partial charge on any atom is 0.345 e. The molecule has 3 aromatic rings. The zero-order chi connectivity index (χ0) is 16.8. The minimum absolute atomic E-state index is 0.0585. The van der Waals surface area contributed by atoms with Crippen LogP contribution in [-0.2, 0) is 6.42 Å². The molecule has 24 heavy (non-hydrogen) atoms. The molecule has 124 valence electrons. The predicted molar refractivity (Wildman–Crippen MR) is 95.5 cm³/mol. The second-order valence-electron chi connectivity index (χ2n) is 5.01. The van der Waals surface area contributed by atoms with Gasteiger partial charge in [-0.25, -0.2) is 9.97 Å². The van der Waals surface area contributed by atoms with E-state index >= 15 is 0 Å². The van der Waals surface area contributed by atoms with E-state index in [4.69, 9.17) is 0 Å². The van der Waals surface area contributed by atoms with Crippen LogP contribution in [0.4, 0.5) is 10.1 Å². The van der Waals surface area contributed by atoms with Crippen LogP contribution in [0.1, 0.15) is 17.8 Å². The number of nitrogens with zero attached hydrogens (tertiary/aromatic N) is 4. The molecule has 0 aliphatic carbocycles. The Morgan fingerprint density at radius 2 is 2.21 bits per heavy atom. The summed E-state index contributed by atoms with van der Waals surface area (Å²) in [5.41, 5.74) is 2.00. The lowest BCUT2D eigenvalue weighted by Crippen LogP contribution is -2.01. The lowest BCUT2D eigenvalue weighted by molar-refractivity contribution is -0.380. The number of aryl methyl sites for hydroxylation is 1. The van der Waals surface area contributed by atoms with Crippen molar-refractivity contribution in [1.29, 1.82) is 0 Å². The van der Waals surface area contributed by atoms with Crippen molar-refractivity contribution in [1.82, 2.24) is 15.0 Å². The average molecular weight is 361 g/mol. The normalized spacial score (nSPS) is 10.7. The van der Waals surface area contributed by atoms with Gasteiger partial charge in [0.25, 0.3) is 0 Å². The Labute approximate surface area is 146 Å². The van der Waals surface area contributed by atoms with Crippen LogP contribution in [0.2, 0.25) is 0 Å². The molecule has 0 aromatic carbocycles. The van der Waals surface area contributed by atoms with E-state index in [1.807, 2.05) is 18.3 Å². The van der Waals surface area contributed by atoms with E-state index in [0.717, 1.165) is 53.4 Å². The highest BCUT2D eigenvalue weighted by Crippen LogP contribution is 2.25. The first-order chi connectivity index (χ1) is 11.7. The third kappa shape index (κ3) is 4.33. The summed E-state index contributed by atoms with van der Waals surface area (Å²) in [6, 6.07) is 3.91. The van der Waals surface area contributed by atoms with Gasteiger partial charge in [-0.2, -0.15) is 0 Å². The Hall–Kier alpha value is -2.39. The molecule has 0 amide bonds. The van der Waals surface area contributed by atoms with Gasteiger partial charge in [-0.15, -0.1) is 11.3 Å². The Morgan fingerprint density at radius 1 is 1.29 bits per heavy atom. The molecular weight excluding hydrogens is 346 g/mol. The van der Waals surface area contributed by atoms with Crippen molar-refractivity contribution in [3.63, 3.8) is 0 Å². The molecule has 1 N–H and O–H groups in total. The van der Waals surface area contributed by atoms with Gasteiger partial charge >= 0.3 is 5.00 Å². The smallest absolute Gasteiger partial charge is 0.345 e. The van der Waals surface area contributed by atoms with E-state index in [9.17, 15) is 10.1 Å². The number of aromatic nitrogens is 3. The van der Waals surface area contributed by atoms with Gasteiger partial charge in [0.15, 0.2) is 5.13 Å². The molecule has 0 fully saturated rings. The number of nitro groups is 1. The summed E-state index contributed by atoms with van der Waals surface area (Å²) in [6.45, 7) is 0.742. The highest BCUT2D eigenvalue weighted by Gasteiger charge is 2.10. The van der Waals surface area contributed by atoms with Crippen LogP contribution < -0.4 is 5.32 Å². The van der Waals surface area contributed by atoms with Crippen LogP contribution >= 0.6 is 22.7 Å². The zero-order valence-electron chi connectivity index (χ0n) is 12.7. The molecule has 0 bridgehead atoms. The molecule has 0 aliphatic rings. The SMILES string of the molecule is O=[N+]([O-])c1cnc(NCCCCc2nc(-c3cccnc3)cs2)s1. The number of thiazole rings is 2. The quantitative estimate of drug-likeness (QED) is 0.370. The number of nitrogens with one attached hydrogen (secondary N) is 1. The molecule has 0 radical (unpaired) electrons. The largest absolute Gasteiger partial charge is 0.361 e. The number of pyridine rings is 1. The molecule has 7 nitrogen and oxygen atoms in total. The van der Waals surface area contributed by atoms with Crippen molar-refractivity contribution in [2.75, 3.05) is 11.9 Å². The number of anilines is 1. The van der Waals surface area contributed by atoms with E-state index in [1.54, 1.807) is 17.5 Å².